The fourth-order valence-corrected chi connectivity index (χ4v) is 1.77. The first kappa shape index (κ1) is 14.6. The molecule has 0 aliphatic rings. The Morgan fingerprint density at radius 2 is 2.05 bits per heavy atom. The summed E-state index contributed by atoms with van der Waals surface area (Å²) in [6, 6.07) is 3.66. The monoisotopic (exact) mass is 352 g/mol. The third-order valence-electron chi connectivity index (χ3n) is 2.27. The van der Waals surface area contributed by atoms with E-state index in [2.05, 4.69) is 30.6 Å². The van der Waals surface area contributed by atoms with E-state index in [4.69, 9.17) is 0 Å². The second-order valence-electron chi connectivity index (χ2n) is 3.73. The number of benzene rings is 1. The maximum Gasteiger partial charge on any atom is 0.450 e. The van der Waals surface area contributed by atoms with Crippen molar-refractivity contribution in [1.29, 1.82) is 0 Å². The number of halogens is 5. The van der Waals surface area contributed by atoms with Crippen LogP contribution in [0, 0.1) is 5.82 Å². The minimum Gasteiger partial charge on any atom is -0.338 e. The van der Waals surface area contributed by atoms with Crippen LogP contribution < -0.4 is 0 Å². The van der Waals surface area contributed by atoms with Crippen molar-refractivity contribution in [2.24, 2.45) is 0 Å². The molecule has 0 bridgehead atoms. The zero-order chi connectivity index (χ0) is 14.9. The lowest BCUT2D eigenvalue weighted by atomic mass is 10.2. The highest BCUT2D eigenvalue weighted by Crippen LogP contribution is 2.27. The molecule has 1 heterocycles. The summed E-state index contributed by atoms with van der Waals surface area (Å²) in [6.45, 7) is 0. The maximum absolute atomic E-state index is 13.1. The van der Waals surface area contributed by atoms with Gasteiger partial charge in [-0.2, -0.15) is 18.2 Å². The lowest BCUT2D eigenvalue weighted by Gasteiger charge is -2.01. The third kappa shape index (κ3) is 3.21. The van der Waals surface area contributed by atoms with Gasteiger partial charge in [0.2, 0.25) is 17.5 Å². The molecular weight excluding hydrogens is 348 g/mol. The van der Waals surface area contributed by atoms with Gasteiger partial charge in [-0.3, -0.25) is 4.79 Å². The Morgan fingerprint density at radius 3 is 2.70 bits per heavy atom. The van der Waals surface area contributed by atoms with Gasteiger partial charge in [-0.05, 0) is 18.2 Å². The molecule has 9 heteroatoms. The smallest absolute Gasteiger partial charge is 0.338 e. The van der Waals surface area contributed by atoms with Crippen LogP contribution in [0.4, 0.5) is 17.6 Å². The Balaban J connectivity index is 2.25. The number of carbonyl (C=O) groups excluding carboxylic acids is 1. The Labute approximate surface area is 117 Å². The Bertz CT molecular complexity index is 654. The van der Waals surface area contributed by atoms with E-state index in [9.17, 15) is 22.4 Å². The van der Waals surface area contributed by atoms with Crippen molar-refractivity contribution >= 4 is 21.7 Å². The van der Waals surface area contributed by atoms with E-state index in [0.29, 0.717) is 4.47 Å². The van der Waals surface area contributed by atoms with E-state index in [1.54, 1.807) is 0 Å². The molecule has 0 aliphatic carbocycles. The first-order valence-corrected chi connectivity index (χ1v) is 5.94. The minimum absolute atomic E-state index is 0.110. The highest BCUT2D eigenvalue weighted by Gasteiger charge is 2.39. The fourth-order valence-electron chi connectivity index (χ4n) is 1.34. The van der Waals surface area contributed by atoms with Gasteiger partial charge in [-0.25, -0.2) is 4.39 Å². The molecule has 0 unspecified atom stereocenters. The average Bonchev–Trinajstić information content (AvgIpc) is 2.79. The average molecular weight is 353 g/mol. The van der Waals surface area contributed by atoms with Gasteiger partial charge in [0, 0.05) is 10.0 Å². The number of hydrogen-bond donors (Lipinski definition) is 0. The SMILES string of the molecule is O=C(Cc1nc(-c2cc(F)ccc2Br)no1)C(F)(F)F. The molecule has 2 aromatic rings. The van der Waals surface area contributed by atoms with Crippen LogP contribution in [0.5, 0.6) is 0 Å². The van der Waals surface area contributed by atoms with Crippen molar-refractivity contribution in [3.63, 3.8) is 0 Å². The minimum atomic E-state index is -4.96. The molecule has 1 aromatic heterocycles. The van der Waals surface area contributed by atoms with Crippen molar-refractivity contribution in [1.82, 2.24) is 10.1 Å². The Hall–Kier alpha value is -1.77. The van der Waals surface area contributed by atoms with Crippen LogP contribution in [-0.4, -0.2) is 22.1 Å². The molecule has 4 nitrogen and oxygen atoms in total. The largest absolute Gasteiger partial charge is 0.450 e. The second-order valence-corrected chi connectivity index (χ2v) is 4.59. The molecule has 0 atom stereocenters. The number of ketones is 1. The first-order chi connectivity index (χ1) is 9.27. The summed E-state index contributed by atoms with van der Waals surface area (Å²) in [7, 11) is 0. The number of carbonyl (C=O) groups is 1. The van der Waals surface area contributed by atoms with Gasteiger partial charge in [0.25, 0.3) is 0 Å². The predicted octanol–water partition coefficient (Wildman–Crippen LogP) is 3.31. The van der Waals surface area contributed by atoms with Crippen molar-refractivity contribution in [3.8, 4) is 11.4 Å². The van der Waals surface area contributed by atoms with Crippen LogP contribution in [0.25, 0.3) is 11.4 Å². The van der Waals surface area contributed by atoms with Crippen molar-refractivity contribution in [2.75, 3.05) is 0 Å². The lowest BCUT2D eigenvalue weighted by molar-refractivity contribution is -0.170. The summed E-state index contributed by atoms with van der Waals surface area (Å²) in [5.41, 5.74) is 0.208. The first-order valence-electron chi connectivity index (χ1n) is 5.15. The van der Waals surface area contributed by atoms with Gasteiger partial charge < -0.3 is 4.52 Å². The Kier molecular flexibility index (Phi) is 3.89. The summed E-state index contributed by atoms with van der Waals surface area (Å²) in [6.07, 6.45) is -6.02. The van der Waals surface area contributed by atoms with Gasteiger partial charge in [0.1, 0.15) is 5.82 Å². The van der Waals surface area contributed by atoms with E-state index in [-0.39, 0.29) is 11.4 Å². The number of Topliss-reactive ketones (excluding diaryl/α,β-unsaturated/α-hetero) is 1. The molecular formula is C11H5BrF4N2O2. The topological polar surface area (TPSA) is 56.0 Å². The summed E-state index contributed by atoms with van der Waals surface area (Å²) < 4.78 is 54.3. The zero-order valence-electron chi connectivity index (χ0n) is 9.54. The molecule has 0 fully saturated rings. The summed E-state index contributed by atoms with van der Waals surface area (Å²) >= 11 is 3.12. The van der Waals surface area contributed by atoms with Crippen LogP contribution in [0.15, 0.2) is 27.2 Å². The van der Waals surface area contributed by atoms with Crippen molar-refractivity contribution in [2.45, 2.75) is 12.6 Å². The van der Waals surface area contributed by atoms with Gasteiger partial charge in [-0.15, -0.1) is 0 Å². The molecule has 0 spiro atoms. The third-order valence-corrected chi connectivity index (χ3v) is 2.96. The van der Waals surface area contributed by atoms with Crippen LogP contribution in [0.2, 0.25) is 0 Å². The van der Waals surface area contributed by atoms with Crippen molar-refractivity contribution in [3.05, 3.63) is 34.4 Å². The maximum atomic E-state index is 13.1. The van der Waals surface area contributed by atoms with Crippen LogP contribution in [0.1, 0.15) is 5.89 Å². The summed E-state index contributed by atoms with van der Waals surface area (Å²) in [5, 5.41) is 3.42. The number of alkyl halides is 3. The van der Waals surface area contributed by atoms with Crippen LogP contribution in [0.3, 0.4) is 0 Å². The molecule has 0 amide bonds. The quantitative estimate of drug-likeness (QED) is 0.795. The predicted molar refractivity (Wildman–Crippen MR) is 62.2 cm³/mol. The molecule has 20 heavy (non-hydrogen) atoms. The number of hydrogen-bond acceptors (Lipinski definition) is 4. The second kappa shape index (κ2) is 5.31. The molecule has 2 rings (SSSR count). The van der Waals surface area contributed by atoms with E-state index in [1.807, 2.05) is 0 Å². The standard InChI is InChI=1S/C11H5BrF4N2O2/c12-7-2-1-5(13)3-6(7)10-17-9(20-18-10)4-8(19)11(14,15)16/h1-3H,4H2. The summed E-state index contributed by atoms with van der Waals surface area (Å²) in [4.78, 5) is 14.4. The van der Waals surface area contributed by atoms with E-state index < -0.39 is 30.1 Å². The van der Waals surface area contributed by atoms with Gasteiger partial charge in [0.15, 0.2) is 0 Å². The molecule has 106 valence electrons. The Morgan fingerprint density at radius 1 is 1.35 bits per heavy atom. The number of rotatable bonds is 3. The molecule has 0 saturated heterocycles. The number of aromatic nitrogens is 2. The molecule has 1 aromatic carbocycles. The highest BCUT2D eigenvalue weighted by atomic mass is 79.9. The highest BCUT2D eigenvalue weighted by molar-refractivity contribution is 9.10. The normalized spacial score (nSPS) is 11.7. The van der Waals surface area contributed by atoms with E-state index in [0.717, 1.165) is 6.07 Å². The van der Waals surface area contributed by atoms with Crippen molar-refractivity contribution < 1.29 is 26.9 Å². The van der Waals surface area contributed by atoms with E-state index >= 15 is 0 Å². The van der Waals surface area contributed by atoms with Crippen LogP contribution in [-0.2, 0) is 11.2 Å². The van der Waals surface area contributed by atoms with Gasteiger partial charge >= 0.3 is 6.18 Å². The molecule has 0 saturated carbocycles. The fraction of sp³-hybridized carbons (Fsp3) is 0.182. The van der Waals surface area contributed by atoms with Gasteiger partial charge in [-0.1, -0.05) is 21.1 Å². The summed E-state index contributed by atoms with van der Waals surface area (Å²) in [5.74, 6) is -3.16. The molecule has 0 radical (unpaired) electrons. The van der Waals surface area contributed by atoms with Gasteiger partial charge in [0.05, 0.1) is 6.42 Å². The number of nitrogens with zero attached hydrogens (tertiary/aromatic N) is 2. The zero-order valence-corrected chi connectivity index (χ0v) is 11.1. The van der Waals surface area contributed by atoms with Crippen LogP contribution >= 0.6 is 15.9 Å². The molecule has 0 aliphatic heterocycles. The van der Waals surface area contributed by atoms with E-state index in [1.165, 1.54) is 12.1 Å². The lowest BCUT2D eigenvalue weighted by Crippen LogP contribution is -2.24. The molecule has 0 N–H and O–H groups in total.